The van der Waals surface area contributed by atoms with Crippen LogP contribution >= 0.6 is 15.9 Å². The smallest absolute Gasteiger partial charge is 0.0632 e. The molecule has 4 heteroatoms. The van der Waals surface area contributed by atoms with Gasteiger partial charge in [0, 0.05) is 19.3 Å². The van der Waals surface area contributed by atoms with Crippen molar-refractivity contribution in [2.45, 2.75) is 38.3 Å². The van der Waals surface area contributed by atoms with Gasteiger partial charge >= 0.3 is 0 Å². The van der Waals surface area contributed by atoms with Crippen LogP contribution in [-0.4, -0.2) is 22.5 Å². The molecule has 0 radical (unpaired) electrons. The first-order valence-corrected chi connectivity index (χ1v) is 5.93. The fraction of sp³-hybridized carbons (Fsp3) is 0.700. The molecule has 1 aliphatic rings. The van der Waals surface area contributed by atoms with Crippen molar-refractivity contribution in [3.8, 4) is 0 Å². The highest BCUT2D eigenvalue weighted by Gasteiger charge is 2.14. The van der Waals surface area contributed by atoms with Crippen LogP contribution in [0.5, 0.6) is 0 Å². The summed E-state index contributed by atoms with van der Waals surface area (Å²) in [5, 5.41) is 4.21. The van der Waals surface area contributed by atoms with Crippen LogP contribution in [0.25, 0.3) is 0 Å². The van der Waals surface area contributed by atoms with E-state index in [1.54, 1.807) is 0 Å². The van der Waals surface area contributed by atoms with Gasteiger partial charge in [-0.25, -0.2) is 0 Å². The molecule has 1 unspecified atom stereocenters. The van der Waals surface area contributed by atoms with E-state index in [0.29, 0.717) is 6.10 Å². The first-order valence-electron chi connectivity index (χ1n) is 5.14. The number of ether oxygens (including phenoxy) is 1. The van der Waals surface area contributed by atoms with Crippen molar-refractivity contribution in [3.63, 3.8) is 0 Å². The van der Waals surface area contributed by atoms with Gasteiger partial charge in [0.2, 0.25) is 0 Å². The molecule has 0 spiro atoms. The lowest BCUT2D eigenvalue weighted by atomic mass is 10.1. The lowest BCUT2D eigenvalue weighted by Crippen LogP contribution is -2.07. The summed E-state index contributed by atoms with van der Waals surface area (Å²) in [5.41, 5.74) is 0. The van der Waals surface area contributed by atoms with Crippen molar-refractivity contribution in [1.82, 2.24) is 9.78 Å². The molecular formula is C10H15BrN2O. The zero-order chi connectivity index (χ0) is 9.80. The van der Waals surface area contributed by atoms with Crippen LogP contribution in [0.1, 0.15) is 25.7 Å². The Morgan fingerprint density at radius 1 is 1.64 bits per heavy atom. The maximum atomic E-state index is 5.56. The Bertz CT molecular complexity index is 281. The average Bonchev–Trinajstić information content (AvgIpc) is 2.77. The summed E-state index contributed by atoms with van der Waals surface area (Å²) >= 11 is 3.38. The summed E-state index contributed by atoms with van der Waals surface area (Å²) in [4.78, 5) is 0. The van der Waals surface area contributed by atoms with E-state index >= 15 is 0 Å². The zero-order valence-corrected chi connectivity index (χ0v) is 9.74. The Kier molecular flexibility index (Phi) is 3.59. The Labute approximate surface area is 92.6 Å². The van der Waals surface area contributed by atoms with Gasteiger partial charge in [-0.2, -0.15) is 5.10 Å². The topological polar surface area (TPSA) is 27.1 Å². The Morgan fingerprint density at radius 2 is 2.57 bits per heavy atom. The lowest BCUT2D eigenvalue weighted by Gasteiger charge is -2.08. The first kappa shape index (κ1) is 10.2. The van der Waals surface area contributed by atoms with Gasteiger partial charge < -0.3 is 4.74 Å². The minimum Gasteiger partial charge on any atom is -0.378 e. The third kappa shape index (κ3) is 2.82. The highest BCUT2D eigenvalue weighted by Crippen LogP contribution is 2.17. The van der Waals surface area contributed by atoms with E-state index < -0.39 is 0 Å². The van der Waals surface area contributed by atoms with E-state index in [1.807, 2.05) is 17.1 Å². The lowest BCUT2D eigenvalue weighted by molar-refractivity contribution is 0.101. The molecule has 0 aliphatic carbocycles. The molecule has 1 saturated heterocycles. The molecule has 1 aromatic heterocycles. The Balaban J connectivity index is 1.67. The summed E-state index contributed by atoms with van der Waals surface area (Å²) < 4.78 is 8.58. The number of aromatic nitrogens is 2. The van der Waals surface area contributed by atoms with Gasteiger partial charge in [-0.05, 0) is 41.6 Å². The van der Waals surface area contributed by atoms with E-state index in [4.69, 9.17) is 4.74 Å². The molecule has 3 nitrogen and oxygen atoms in total. The largest absolute Gasteiger partial charge is 0.378 e. The summed E-state index contributed by atoms with van der Waals surface area (Å²) in [6, 6.07) is 0. The number of rotatable bonds is 4. The van der Waals surface area contributed by atoms with Gasteiger partial charge in [0.15, 0.2) is 0 Å². The van der Waals surface area contributed by atoms with Crippen molar-refractivity contribution in [2.24, 2.45) is 0 Å². The summed E-state index contributed by atoms with van der Waals surface area (Å²) in [6.07, 6.45) is 9.13. The SMILES string of the molecule is Brc1cnn(CCCC2CCCO2)c1. The number of hydrogen-bond acceptors (Lipinski definition) is 2. The zero-order valence-electron chi connectivity index (χ0n) is 8.16. The van der Waals surface area contributed by atoms with Gasteiger partial charge in [-0.15, -0.1) is 0 Å². The van der Waals surface area contributed by atoms with Gasteiger partial charge in [0.05, 0.1) is 16.8 Å². The molecule has 1 aromatic rings. The minimum absolute atomic E-state index is 0.508. The van der Waals surface area contributed by atoms with Crippen molar-refractivity contribution in [2.75, 3.05) is 6.61 Å². The molecule has 14 heavy (non-hydrogen) atoms. The monoisotopic (exact) mass is 258 g/mol. The molecule has 0 saturated carbocycles. The second kappa shape index (κ2) is 4.94. The van der Waals surface area contributed by atoms with Crippen LogP contribution in [0, 0.1) is 0 Å². The van der Waals surface area contributed by atoms with Crippen LogP contribution in [0.2, 0.25) is 0 Å². The van der Waals surface area contributed by atoms with E-state index in [1.165, 1.54) is 12.8 Å². The van der Waals surface area contributed by atoms with E-state index in [2.05, 4.69) is 21.0 Å². The summed E-state index contributed by atoms with van der Waals surface area (Å²) in [5.74, 6) is 0. The summed E-state index contributed by atoms with van der Waals surface area (Å²) in [7, 11) is 0. The number of hydrogen-bond donors (Lipinski definition) is 0. The highest BCUT2D eigenvalue weighted by molar-refractivity contribution is 9.10. The molecule has 0 bridgehead atoms. The number of halogens is 1. The number of nitrogens with zero attached hydrogens (tertiary/aromatic N) is 2. The van der Waals surface area contributed by atoms with Crippen LogP contribution in [0.15, 0.2) is 16.9 Å². The van der Waals surface area contributed by atoms with E-state index in [9.17, 15) is 0 Å². The Morgan fingerprint density at radius 3 is 3.21 bits per heavy atom. The van der Waals surface area contributed by atoms with Crippen molar-refractivity contribution >= 4 is 15.9 Å². The van der Waals surface area contributed by atoms with Gasteiger partial charge in [-0.3, -0.25) is 4.68 Å². The second-order valence-electron chi connectivity index (χ2n) is 3.70. The summed E-state index contributed by atoms with van der Waals surface area (Å²) in [6.45, 7) is 1.95. The van der Waals surface area contributed by atoms with E-state index in [-0.39, 0.29) is 0 Å². The second-order valence-corrected chi connectivity index (χ2v) is 4.61. The first-order chi connectivity index (χ1) is 6.84. The predicted molar refractivity (Wildman–Crippen MR) is 58.1 cm³/mol. The fourth-order valence-corrected chi connectivity index (χ4v) is 2.14. The molecule has 0 amide bonds. The van der Waals surface area contributed by atoms with Gasteiger partial charge in [0.1, 0.15) is 0 Å². The molecular weight excluding hydrogens is 244 g/mol. The molecule has 0 aromatic carbocycles. The normalized spacial score (nSPS) is 21.6. The molecule has 2 heterocycles. The van der Waals surface area contributed by atoms with Crippen LogP contribution in [0.4, 0.5) is 0 Å². The molecule has 78 valence electrons. The molecule has 0 N–H and O–H groups in total. The molecule has 2 rings (SSSR count). The fourth-order valence-electron chi connectivity index (χ4n) is 1.81. The molecule has 1 aliphatic heterocycles. The molecule has 1 fully saturated rings. The van der Waals surface area contributed by atoms with Gasteiger partial charge in [0.25, 0.3) is 0 Å². The van der Waals surface area contributed by atoms with Crippen molar-refractivity contribution in [1.29, 1.82) is 0 Å². The third-order valence-corrected chi connectivity index (χ3v) is 2.95. The van der Waals surface area contributed by atoms with Crippen LogP contribution in [-0.2, 0) is 11.3 Å². The van der Waals surface area contributed by atoms with Crippen LogP contribution < -0.4 is 0 Å². The average molecular weight is 259 g/mol. The molecule has 1 atom stereocenters. The standard InChI is InChI=1S/C10H15BrN2O/c11-9-7-12-13(8-9)5-1-3-10-4-2-6-14-10/h7-8,10H,1-6H2. The maximum Gasteiger partial charge on any atom is 0.0632 e. The number of aryl methyl sites for hydroxylation is 1. The Hall–Kier alpha value is -0.350. The minimum atomic E-state index is 0.508. The van der Waals surface area contributed by atoms with Gasteiger partial charge in [-0.1, -0.05) is 0 Å². The quantitative estimate of drug-likeness (QED) is 0.831. The van der Waals surface area contributed by atoms with E-state index in [0.717, 1.165) is 30.5 Å². The predicted octanol–water partition coefficient (Wildman–Crippen LogP) is 2.60. The maximum absolute atomic E-state index is 5.56. The van der Waals surface area contributed by atoms with Crippen LogP contribution in [0.3, 0.4) is 0 Å². The third-order valence-electron chi connectivity index (χ3n) is 2.54. The van der Waals surface area contributed by atoms with Crippen molar-refractivity contribution < 1.29 is 4.74 Å². The van der Waals surface area contributed by atoms with Crippen molar-refractivity contribution in [3.05, 3.63) is 16.9 Å². The highest BCUT2D eigenvalue weighted by atomic mass is 79.9.